The molecule has 33 heavy (non-hydrogen) atoms. The molecule has 0 bridgehead atoms. The van der Waals surface area contributed by atoms with Gasteiger partial charge in [0.25, 0.3) is 0 Å². The molecule has 2 aliphatic rings. The van der Waals surface area contributed by atoms with Gasteiger partial charge in [-0.15, -0.1) is 0 Å². The lowest BCUT2D eigenvalue weighted by atomic mass is 9.75. The first-order chi connectivity index (χ1) is 16.1. The molecule has 1 aliphatic carbocycles. The monoisotopic (exact) mass is 445 g/mol. The first kappa shape index (κ1) is 20.4. The van der Waals surface area contributed by atoms with E-state index in [4.69, 9.17) is 0 Å². The van der Waals surface area contributed by atoms with Crippen molar-refractivity contribution in [1.29, 1.82) is 0 Å². The van der Waals surface area contributed by atoms with Gasteiger partial charge >= 0.3 is 0 Å². The van der Waals surface area contributed by atoms with Gasteiger partial charge in [-0.3, -0.25) is 0 Å². The fraction of sp³-hybridized carbons (Fsp3) is 0.161. The number of nitrogens with one attached hydrogen (secondary N) is 1. The maximum Gasteiger partial charge on any atom is 0.0388 e. The number of anilines is 2. The summed E-state index contributed by atoms with van der Waals surface area (Å²) in [6, 6.07) is 29.0. The van der Waals surface area contributed by atoms with Crippen LogP contribution in [0, 0.1) is 0 Å². The summed E-state index contributed by atoms with van der Waals surface area (Å²) in [6.07, 6.45) is 8.89. The largest absolute Gasteiger partial charge is 0.356 e. The van der Waals surface area contributed by atoms with Crippen LogP contribution in [0.5, 0.6) is 0 Å². The van der Waals surface area contributed by atoms with Crippen molar-refractivity contribution in [3.63, 3.8) is 0 Å². The summed E-state index contributed by atoms with van der Waals surface area (Å²) in [5, 5.41) is 6.31. The summed E-state index contributed by atoms with van der Waals surface area (Å²) >= 11 is 1.89. The van der Waals surface area contributed by atoms with Crippen molar-refractivity contribution >= 4 is 39.5 Å². The smallest absolute Gasteiger partial charge is 0.0388 e. The summed E-state index contributed by atoms with van der Waals surface area (Å²) in [5.74, 6) is 0. The number of benzene rings is 4. The second kappa shape index (κ2) is 7.97. The van der Waals surface area contributed by atoms with E-state index in [0.717, 1.165) is 24.2 Å². The fourth-order valence-corrected chi connectivity index (χ4v) is 6.60. The second-order valence-electron chi connectivity index (χ2n) is 9.46. The number of hydrogen-bond acceptors (Lipinski definition) is 2. The Labute approximate surface area is 200 Å². The number of rotatable bonds is 3. The van der Waals surface area contributed by atoms with E-state index in [0.29, 0.717) is 0 Å². The molecule has 0 fully saturated rings. The number of fused-ring (bicyclic) bond motifs is 4. The predicted molar refractivity (Wildman–Crippen MR) is 143 cm³/mol. The summed E-state index contributed by atoms with van der Waals surface area (Å²) in [5.41, 5.74) is 7.75. The summed E-state index contributed by atoms with van der Waals surface area (Å²) in [6.45, 7) is 4.73. The molecular formula is C31H27NS. The van der Waals surface area contributed by atoms with E-state index in [1.54, 1.807) is 0 Å². The van der Waals surface area contributed by atoms with Crippen LogP contribution in [0.4, 0.5) is 11.4 Å². The molecule has 1 aliphatic heterocycles. The van der Waals surface area contributed by atoms with E-state index < -0.39 is 0 Å². The van der Waals surface area contributed by atoms with Crippen LogP contribution < -0.4 is 5.32 Å². The average Bonchev–Trinajstić information content (AvgIpc) is 2.85. The zero-order chi connectivity index (χ0) is 22.4. The van der Waals surface area contributed by atoms with Gasteiger partial charge in [0.15, 0.2) is 0 Å². The molecule has 0 amide bonds. The molecule has 0 aromatic heterocycles. The van der Waals surface area contributed by atoms with Crippen LogP contribution in [-0.4, -0.2) is 0 Å². The fourth-order valence-electron chi connectivity index (χ4n) is 5.20. The van der Waals surface area contributed by atoms with Crippen LogP contribution in [0.1, 0.15) is 43.4 Å². The van der Waals surface area contributed by atoms with E-state index in [9.17, 15) is 0 Å². The van der Waals surface area contributed by atoms with Gasteiger partial charge in [-0.2, -0.15) is 0 Å². The first-order valence-corrected chi connectivity index (χ1v) is 12.5. The van der Waals surface area contributed by atoms with E-state index >= 15 is 0 Å². The minimum absolute atomic E-state index is 0.0701. The first-order valence-electron chi connectivity index (χ1n) is 11.7. The highest BCUT2D eigenvalue weighted by atomic mass is 32.2. The highest BCUT2D eigenvalue weighted by Gasteiger charge is 2.34. The van der Waals surface area contributed by atoms with Crippen molar-refractivity contribution < 1.29 is 0 Å². The van der Waals surface area contributed by atoms with Gasteiger partial charge in [0, 0.05) is 26.6 Å². The maximum atomic E-state index is 3.64. The molecule has 0 spiro atoms. The molecule has 2 heteroatoms. The quantitative estimate of drug-likeness (QED) is 0.337. The zero-order valence-electron chi connectivity index (χ0n) is 19.1. The molecule has 0 atom stereocenters. The Balaban J connectivity index is 1.33. The SMILES string of the molecule is CC1(C)c2cc(Nc3ccc(C4=CC=CCC4)cc3)ccc2Sc2ccc3ccccc3c21. The lowest BCUT2D eigenvalue weighted by Gasteiger charge is -2.36. The third kappa shape index (κ3) is 3.59. The highest BCUT2D eigenvalue weighted by molar-refractivity contribution is 7.99. The van der Waals surface area contributed by atoms with E-state index in [2.05, 4.69) is 116 Å². The Kier molecular flexibility index (Phi) is 4.92. The molecule has 0 saturated carbocycles. The second-order valence-corrected chi connectivity index (χ2v) is 10.5. The molecule has 0 radical (unpaired) electrons. The standard InChI is InChI=1S/C31H27NS/c1-31(2)27-20-25(32-24-15-12-22(13-16-24)21-8-4-3-5-9-21)17-19-28(27)33-29-18-14-23-10-6-7-11-26(23)30(29)31/h3-4,6-8,10-20,32H,5,9H2,1-2H3. The van der Waals surface area contributed by atoms with E-state index in [1.807, 2.05) is 11.8 Å². The Morgan fingerprint density at radius 1 is 0.818 bits per heavy atom. The van der Waals surface area contributed by atoms with Gasteiger partial charge in [0.05, 0.1) is 0 Å². The minimum atomic E-state index is -0.0701. The predicted octanol–water partition coefficient (Wildman–Crippen LogP) is 9.11. The van der Waals surface area contributed by atoms with Crippen LogP contribution in [0.3, 0.4) is 0 Å². The van der Waals surface area contributed by atoms with Gasteiger partial charge < -0.3 is 5.32 Å². The molecule has 4 aromatic rings. The van der Waals surface area contributed by atoms with Crippen molar-refractivity contribution in [2.75, 3.05) is 5.32 Å². The van der Waals surface area contributed by atoms with Crippen LogP contribution in [0.15, 0.2) is 107 Å². The summed E-state index contributed by atoms with van der Waals surface area (Å²) in [7, 11) is 0. The zero-order valence-corrected chi connectivity index (χ0v) is 19.9. The van der Waals surface area contributed by atoms with Crippen molar-refractivity contribution in [2.24, 2.45) is 0 Å². The van der Waals surface area contributed by atoms with Crippen molar-refractivity contribution in [3.05, 3.63) is 114 Å². The van der Waals surface area contributed by atoms with Crippen LogP contribution in [-0.2, 0) is 5.41 Å². The molecular weight excluding hydrogens is 418 g/mol. The molecule has 6 rings (SSSR count). The van der Waals surface area contributed by atoms with E-state index in [-0.39, 0.29) is 5.41 Å². The Bertz CT molecular complexity index is 1420. The minimum Gasteiger partial charge on any atom is -0.356 e. The number of allylic oxidation sites excluding steroid dienone is 4. The molecule has 1 nitrogen and oxygen atoms in total. The summed E-state index contributed by atoms with van der Waals surface area (Å²) < 4.78 is 0. The number of hydrogen-bond donors (Lipinski definition) is 1. The molecule has 1 N–H and O–H groups in total. The molecule has 4 aromatic carbocycles. The topological polar surface area (TPSA) is 12.0 Å². The summed E-state index contributed by atoms with van der Waals surface area (Å²) in [4.78, 5) is 2.72. The average molecular weight is 446 g/mol. The van der Waals surface area contributed by atoms with Gasteiger partial charge in [-0.05, 0) is 82.3 Å². The molecule has 0 saturated heterocycles. The molecule has 1 heterocycles. The van der Waals surface area contributed by atoms with Gasteiger partial charge in [0.2, 0.25) is 0 Å². The molecule has 162 valence electrons. The third-order valence-corrected chi connectivity index (χ3v) is 8.08. The highest BCUT2D eigenvalue weighted by Crippen LogP contribution is 2.52. The van der Waals surface area contributed by atoms with Gasteiger partial charge in [0.1, 0.15) is 0 Å². The van der Waals surface area contributed by atoms with E-state index in [1.165, 1.54) is 42.8 Å². The van der Waals surface area contributed by atoms with Crippen molar-refractivity contribution in [1.82, 2.24) is 0 Å². The Hall–Kier alpha value is -3.23. The van der Waals surface area contributed by atoms with Gasteiger partial charge in [-0.1, -0.05) is 86.3 Å². The normalized spacial score (nSPS) is 16.1. The van der Waals surface area contributed by atoms with Crippen molar-refractivity contribution in [2.45, 2.75) is 41.9 Å². The van der Waals surface area contributed by atoms with Crippen molar-refractivity contribution in [3.8, 4) is 0 Å². The molecule has 0 unspecified atom stereocenters. The van der Waals surface area contributed by atoms with Crippen LogP contribution in [0.2, 0.25) is 0 Å². The lowest BCUT2D eigenvalue weighted by molar-refractivity contribution is 0.614. The van der Waals surface area contributed by atoms with Gasteiger partial charge in [-0.25, -0.2) is 0 Å². The Morgan fingerprint density at radius 3 is 2.42 bits per heavy atom. The third-order valence-electron chi connectivity index (χ3n) is 6.95. The van der Waals surface area contributed by atoms with Crippen LogP contribution in [0.25, 0.3) is 16.3 Å². The Morgan fingerprint density at radius 2 is 1.61 bits per heavy atom. The maximum absolute atomic E-state index is 3.64. The lowest BCUT2D eigenvalue weighted by Crippen LogP contribution is -2.24. The van der Waals surface area contributed by atoms with Crippen LogP contribution >= 0.6 is 11.8 Å².